The molecule has 2 unspecified atom stereocenters. The number of esters is 2. The maximum absolute atomic E-state index is 13.2. The largest absolute Gasteiger partial charge is 0.459 e. The van der Waals surface area contributed by atoms with E-state index in [9.17, 15) is 27.9 Å². The van der Waals surface area contributed by atoms with Crippen molar-refractivity contribution in [2.45, 2.75) is 104 Å². The van der Waals surface area contributed by atoms with Crippen LogP contribution in [0.15, 0.2) is 0 Å². The van der Waals surface area contributed by atoms with E-state index in [0.29, 0.717) is 24.7 Å². The minimum Gasteiger partial charge on any atom is -0.459 e. The summed E-state index contributed by atoms with van der Waals surface area (Å²) in [6.45, 7) is 7.40. The van der Waals surface area contributed by atoms with Gasteiger partial charge in [0, 0.05) is 12.3 Å². The zero-order valence-corrected chi connectivity index (χ0v) is 19.1. The van der Waals surface area contributed by atoms with Gasteiger partial charge in [0.2, 0.25) is 0 Å². The van der Waals surface area contributed by atoms with Crippen LogP contribution in [0.2, 0.25) is 0 Å². The minimum atomic E-state index is -5.13. The van der Waals surface area contributed by atoms with Gasteiger partial charge in [0.25, 0.3) is 0 Å². The average molecular weight is 449 g/mol. The summed E-state index contributed by atoms with van der Waals surface area (Å²) in [5.41, 5.74) is -2.18. The van der Waals surface area contributed by atoms with Gasteiger partial charge in [0.15, 0.2) is 0 Å². The smallest absolute Gasteiger partial charge is 0.455 e. The van der Waals surface area contributed by atoms with Gasteiger partial charge in [-0.05, 0) is 83.5 Å². The summed E-state index contributed by atoms with van der Waals surface area (Å²) in [7, 11) is 0. The molecule has 5 nitrogen and oxygen atoms in total. The molecule has 0 heterocycles. The second-order valence-electron chi connectivity index (χ2n) is 11.1. The van der Waals surface area contributed by atoms with Crippen molar-refractivity contribution in [1.29, 1.82) is 0 Å². The second-order valence-corrected chi connectivity index (χ2v) is 11.1. The van der Waals surface area contributed by atoms with E-state index in [-0.39, 0.29) is 11.8 Å². The minimum absolute atomic E-state index is 0.0907. The SMILES string of the molecule is CCC(C)(CC(=O)OC(C)(O)C(F)(F)F)C(=O)OC(C)(C)C12CC3CC(CC(C3)C1)C2. The van der Waals surface area contributed by atoms with Gasteiger partial charge >= 0.3 is 23.9 Å². The molecule has 0 amide bonds. The summed E-state index contributed by atoms with van der Waals surface area (Å²) in [4.78, 5) is 25.4. The lowest BCUT2D eigenvalue weighted by molar-refractivity contribution is -0.343. The Bertz CT molecular complexity index is 692. The van der Waals surface area contributed by atoms with Crippen LogP contribution in [0.1, 0.15) is 86.0 Å². The van der Waals surface area contributed by atoms with Gasteiger partial charge in [-0.3, -0.25) is 9.59 Å². The number of ether oxygens (including phenoxy) is 2. The highest BCUT2D eigenvalue weighted by atomic mass is 19.4. The quantitative estimate of drug-likeness (QED) is 0.431. The molecule has 0 aromatic heterocycles. The van der Waals surface area contributed by atoms with Crippen LogP contribution in [0.3, 0.4) is 0 Å². The topological polar surface area (TPSA) is 72.8 Å². The molecule has 0 aromatic carbocycles. The highest BCUT2D eigenvalue weighted by molar-refractivity contribution is 5.83. The predicted octanol–water partition coefficient (Wildman–Crippen LogP) is 5.15. The first-order valence-electron chi connectivity index (χ1n) is 11.3. The molecule has 31 heavy (non-hydrogen) atoms. The Morgan fingerprint density at radius 1 is 0.935 bits per heavy atom. The lowest BCUT2D eigenvalue weighted by atomic mass is 9.46. The molecule has 2 atom stereocenters. The fourth-order valence-corrected chi connectivity index (χ4v) is 6.29. The Kier molecular flexibility index (Phi) is 5.99. The van der Waals surface area contributed by atoms with E-state index in [4.69, 9.17) is 4.74 Å². The summed E-state index contributed by atoms with van der Waals surface area (Å²) in [5.74, 6) is -3.51. The molecular weight excluding hydrogens is 413 g/mol. The molecule has 0 radical (unpaired) electrons. The molecule has 0 spiro atoms. The number of carbonyl (C=O) groups is 2. The van der Waals surface area contributed by atoms with Crippen molar-refractivity contribution in [3.05, 3.63) is 0 Å². The molecule has 178 valence electrons. The van der Waals surface area contributed by atoms with Crippen molar-refractivity contribution >= 4 is 11.9 Å². The molecule has 1 N–H and O–H groups in total. The standard InChI is InChI=1S/C23H35F3O5/c1-6-20(4,13-17(27)30-21(5,29)23(24,25)26)18(28)31-19(2,3)22-10-14-7-15(11-22)9-16(8-14)12-22/h14-16,29H,6-13H2,1-5H3. The number of aliphatic hydroxyl groups is 1. The molecule has 4 bridgehead atoms. The van der Waals surface area contributed by atoms with Crippen LogP contribution in [0, 0.1) is 28.6 Å². The lowest BCUT2D eigenvalue weighted by Gasteiger charge is -2.61. The number of alkyl halides is 3. The average Bonchev–Trinajstić information content (AvgIpc) is 2.58. The van der Waals surface area contributed by atoms with Gasteiger partial charge in [0.05, 0.1) is 11.8 Å². The van der Waals surface area contributed by atoms with Crippen molar-refractivity contribution in [2.75, 3.05) is 0 Å². The summed E-state index contributed by atoms with van der Waals surface area (Å²) >= 11 is 0. The number of carbonyl (C=O) groups excluding carboxylic acids is 2. The highest BCUT2D eigenvalue weighted by Crippen LogP contribution is 2.64. The Morgan fingerprint density at radius 3 is 1.77 bits per heavy atom. The van der Waals surface area contributed by atoms with Crippen LogP contribution >= 0.6 is 0 Å². The Labute approximate surface area is 182 Å². The van der Waals surface area contributed by atoms with Gasteiger partial charge in [-0.2, -0.15) is 13.2 Å². The first-order chi connectivity index (χ1) is 14.0. The lowest BCUT2D eigenvalue weighted by Crippen LogP contribution is -2.58. The number of hydrogen-bond acceptors (Lipinski definition) is 5. The first-order valence-corrected chi connectivity index (χ1v) is 11.3. The van der Waals surface area contributed by atoms with Crippen LogP contribution in [0.4, 0.5) is 13.2 Å². The zero-order valence-electron chi connectivity index (χ0n) is 19.1. The Morgan fingerprint density at radius 2 is 1.39 bits per heavy atom. The summed E-state index contributed by atoms with van der Waals surface area (Å²) in [5, 5.41) is 9.43. The van der Waals surface area contributed by atoms with Crippen molar-refractivity contribution in [1.82, 2.24) is 0 Å². The number of rotatable bonds is 7. The molecule has 0 aliphatic heterocycles. The van der Waals surface area contributed by atoms with E-state index in [2.05, 4.69) is 4.74 Å². The van der Waals surface area contributed by atoms with E-state index in [0.717, 1.165) is 19.3 Å². The maximum atomic E-state index is 13.2. The van der Waals surface area contributed by atoms with Crippen molar-refractivity contribution in [2.24, 2.45) is 28.6 Å². The van der Waals surface area contributed by atoms with Crippen molar-refractivity contribution < 1.29 is 37.3 Å². The normalized spacial score (nSPS) is 34.0. The molecule has 4 rings (SSSR count). The molecule has 0 aromatic rings. The molecule has 0 saturated heterocycles. The van der Waals surface area contributed by atoms with Gasteiger partial charge in [-0.15, -0.1) is 0 Å². The van der Waals surface area contributed by atoms with Crippen LogP contribution < -0.4 is 0 Å². The van der Waals surface area contributed by atoms with E-state index in [1.54, 1.807) is 6.92 Å². The second kappa shape index (κ2) is 7.63. The van der Waals surface area contributed by atoms with Crippen LogP contribution in [-0.4, -0.2) is 34.6 Å². The van der Waals surface area contributed by atoms with E-state index >= 15 is 0 Å². The van der Waals surface area contributed by atoms with E-state index in [1.165, 1.54) is 26.2 Å². The van der Waals surface area contributed by atoms with Crippen LogP contribution in [0.5, 0.6) is 0 Å². The fraction of sp³-hybridized carbons (Fsp3) is 0.913. The molecular formula is C23H35F3O5. The van der Waals surface area contributed by atoms with E-state index in [1.807, 2.05) is 13.8 Å². The molecule has 4 saturated carbocycles. The molecule has 4 aliphatic carbocycles. The first kappa shape index (κ1) is 24.3. The van der Waals surface area contributed by atoms with Crippen molar-refractivity contribution in [3.63, 3.8) is 0 Å². The molecule has 4 fully saturated rings. The highest BCUT2D eigenvalue weighted by Gasteiger charge is 2.59. The van der Waals surface area contributed by atoms with Crippen LogP contribution in [-0.2, 0) is 19.1 Å². The summed E-state index contributed by atoms with van der Waals surface area (Å²) < 4.78 is 48.8. The van der Waals surface area contributed by atoms with Gasteiger partial charge in [0.1, 0.15) is 5.60 Å². The predicted molar refractivity (Wildman–Crippen MR) is 107 cm³/mol. The third-order valence-corrected chi connectivity index (χ3v) is 8.31. The zero-order chi connectivity index (χ0) is 23.5. The third kappa shape index (κ3) is 4.46. The van der Waals surface area contributed by atoms with Gasteiger partial charge < -0.3 is 14.6 Å². The Balaban J connectivity index is 1.70. The Hall–Kier alpha value is -1.31. The fourth-order valence-electron chi connectivity index (χ4n) is 6.29. The summed E-state index contributed by atoms with van der Waals surface area (Å²) in [6.07, 6.45) is 1.28. The molecule has 4 aliphatic rings. The summed E-state index contributed by atoms with van der Waals surface area (Å²) in [6, 6.07) is 0. The monoisotopic (exact) mass is 448 g/mol. The van der Waals surface area contributed by atoms with Gasteiger partial charge in [-0.25, -0.2) is 0 Å². The number of hydrogen-bond donors (Lipinski definition) is 1. The van der Waals surface area contributed by atoms with Gasteiger partial charge in [-0.1, -0.05) is 6.92 Å². The third-order valence-electron chi connectivity index (χ3n) is 8.31. The van der Waals surface area contributed by atoms with Crippen LogP contribution in [0.25, 0.3) is 0 Å². The molecule has 8 heteroatoms. The van der Waals surface area contributed by atoms with E-state index < -0.39 is 41.3 Å². The maximum Gasteiger partial charge on any atom is 0.455 e. The van der Waals surface area contributed by atoms with Crippen molar-refractivity contribution in [3.8, 4) is 0 Å². The number of halogens is 3.